The smallest absolute Gasteiger partial charge is 0.160 e. The van der Waals surface area contributed by atoms with Crippen molar-refractivity contribution < 1.29 is 0 Å². The number of nitrogens with one attached hydrogen (secondary N) is 2. The maximum Gasteiger partial charge on any atom is 0.160 e. The van der Waals surface area contributed by atoms with E-state index in [0.29, 0.717) is 12.0 Å². The van der Waals surface area contributed by atoms with Crippen LogP contribution in [0.4, 0.5) is 11.5 Å². The minimum Gasteiger partial charge on any atom is -0.336 e. The molecule has 2 aliphatic rings. The molecule has 5 rings (SSSR count). The molecule has 1 aliphatic carbocycles. The Morgan fingerprint density at radius 3 is 2.73 bits per heavy atom. The largest absolute Gasteiger partial charge is 0.336 e. The van der Waals surface area contributed by atoms with E-state index >= 15 is 0 Å². The van der Waals surface area contributed by atoms with Crippen LogP contribution in [0.1, 0.15) is 49.9 Å². The third-order valence-corrected chi connectivity index (χ3v) is 5.71. The van der Waals surface area contributed by atoms with Crippen molar-refractivity contribution in [3.05, 3.63) is 24.4 Å². The summed E-state index contributed by atoms with van der Waals surface area (Å²) in [7, 11) is 2.18. The van der Waals surface area contributed by atoms with Gasteiger partial charge in [0, 0.05) is 12.1 Å². The van der Waals surface area contributed by atoms with Crippen molar-refractivity contribution in [3.63, 3.8) is 0 Å². The zero-order chi connectivity index (χ0) is 17.5. The van der Waals surface area contributed by atoms with Gasteiger partial charge in [0.15, 0.2) is 5.82 Å². The van der Waals surface area contributed by atoms with Crippen molar-refractivity contribution in [1.29, 1.82) is 0 Å². The third kappa shape index (κ3) is 2.84. The first-order chi connectivity index (χ1) is 12.8. The van der Waals surface area contributed by atoms with E-state index < -0.39 is 0 Å². The predicted octanol–water partition coefficient (Wildman–Crippen LogP) is 2.83. The molecule has 8 nitrogen and oxygen atoms in total. The molecule has 0 atom stereocenters. The number of hydrogen-bond donors (Lipinski definition) is 2. The van der Waals surface area contributed by atoms with Gasteiger partial charge in [0.05, 0.1) is 24.1 Å². The molecule has 0 radical (unpaired) electrons. The SMILES string of the molecule is CN1CCC(n2cc(Nc3nc(C4CCC4)nc4cn[nH]c34)cn2)CC1. The van der Waals surface area contributed by atoms with E-state index in [0.717, 1.165) is 54.3 Å². The lowest BCUT2D eigenvalue weighted by molar-refractivity contribution is 0.212. The lowest BCUT2D eigenvalue weighted by atomic mass is 9.85. The van der Waals surface area contributed by atoms with Crippen molar-refractivity contribution in [2.75, 3.05) is 25.5 Å². The molecular formula is C18H24N8. The summed E-state index contributed by atoms with van der Waals surface area (Å²) in [5, 5.41) is 15.2. The van der Waals surface area contributed by atoms with Gasteiger partial charge in [-0.25, -0.2) is 9.97 Å². The number of nitrogens with zero attached hydrogens (tertiary/aromatic N) is 6. The Hall–Kier alpha value is -2.48. The second-order valence-electron chi connectivity index (χ2n) is 7.56. The summed E-state index contributed by atoms with van der Waals surface area (Å²) in [5.74, 6) is 2.20. The zero-order valence-corrected chi connectivity index (χ0v) is 15.0. The number of anilines is 2. The van der Waals surface area contributed by atoms with Crippen molar-refractivity contribution in [3.8, 4) is 0 Å². The lowest BCUT2D eigenvalue weighted by Gasteiger charge is -2.28. The molecule has 1 aliphatic heterocycles. The summed E-state index contributed by atoms with van der Waals surface area (Å²) in [6.45, 7) is 2.25. The number of aromatic amines is 1. The molecule has 0 spiro atoms. The van der Waals surface area contributed by atoms with Crippen molar-refractivity contribution in [2.45, 2.75) is 44.1 Å². The molecular weight excluding hydrogens is 328 g/mol. The van der Waals surface area contributed by atoms with E-state index in [-0.39, 0.29) is 0 Å². The lowest BCUT2D eigenvalue weighted by Crippen LogP contribution is -2.31. The Kier molecular flexibility index (Phi) is 3.85. The standard InChI is InChI=1S/C18H24N8/c1-25-7-5-14(6-8-25)26-11-13(9-20-26)21-18-16-15(10-19-24-16)22-17(23-18)12-3-2-4-12/h9-12,14H,2-8H2,1H3,(H,19,24)(H,21,22,23). The molecule has 3 aromatic heterocycles. The summed E-state index contributed by atoms with van der Waals surface area (Å²) in [4.78, 5) is 11.8. The molecule has 4 heterocycles. The quantitative estimate of drug-likeness (QED) is 0.751. The van der Waals surface area contributed by atoms with Crippen molar-refractivity contribution in [2.24, 2.45) is 0 Å². The number of piperidine rings is 1. The summed E-state index contributed by atoms with van der Waals surface area (Å²) < 4.78 is 2.09. The Bertz CT molecular complexity index is 901. The third-order valence-electron chi connectivity index (χ3n) is 5.71. The van der Waals surface area contributed by atoms with E-state index in [9.17, 15) is 0 Å². The van der Waals surface area contributed by atoms with Gasteiger partial charge in [-0.3, -0.25) is 9.78 Å². The monoisotopic (exact) mass is 352 g/mol. The highest BCUT2D eigenvalue weighted by atomic mass is 15.3. The first-order valence-corrected chi connectivity index (χ1v) is 9.47. The highest BCUT2D eigenvalue weighted by molar-refractivity contribution is 5.86. The van der Waals surface area contributed by atoms with Gasteiger partial charge in [0.25, 0.3) is 0 Å². The van der Waals surface area contributed by atoms with Crippen LogP contribution >= 0.6 is 0 Å². The number of aromatic nitrogens is 6. The van der Waals surface area contributed by atoms with Gasteiger partial charge in [-0.15, -0.1) is 0 Å². The Morgan fingerprint density at radius 2 is 1.96 bits per heavy atom. The molecule has 2 N–H and O–H groups in total. The van der Waals surface area contributed by atoms with Gasteiger partial charge >= 0.3 is 0 Å². The Morgan fingerprint density at radius 1 is 1.12 bits per heavy atom. The zero-order valence-electron chi connectivity index (χ0n) is 15.0. The molecule has 136 valence electrons. The first-order valence-electron chi connectivity index (χ1n) is 9.47. The number of rotatable bonds is 4. The van der Waals surface area contributed by atoms with E-state index in [2.05, 4.69) is 48.4 Å². The highest BCUT2D eigenvalue weighted by Gasteiger charge is 2.24. The normalized spacial score (nSPS) is 19.7. The second-order valence-corrected chi connectivity index (χ2v) is 7.56. The predicted molar refractivity (Wildman–Crippen MR) is 99.6 cm³/mol. The summed E-state index contributed by atoms with van der Waals surface area (Å²) in [6.07, 6.45) is 11.6. The van der Waals surface area contributed by atoms with E-state index in [1.54, 1.807) is 6.20 Å². The minimum atomic E-state index is 0.477. The summed E-state index contributed by atoms with van der Waals surface area (Å²) in [6, 6.07) is 0.477. The number of likely N-dealkylation sites (tertiary alicyclic amines) is 1. The highest BCUT2D eigenvalue weighted by Crippen LogP contribution is 2.36. The van der Waals surface area contributed by atoms with Gasteiger partial charge in [-0.2, -0.15) is 10.2 Å². The molecule has 0 bridgehead atoms. The minimum absolute atomic E-state index is 0.477. The molecule has 8 heteroatoms. The fraction of sp³-hybridized carbons (Fsp3) is 0.556. The second kappa shape index (κ2) is 6.35. The van der Waals surface area contributed by atoms with Crippen molar-refractivity contribution in [1.82, 2.24) is 34.8 Å². The van der Waals surface area contributed by atoms with Gasteiger partial charge in [0.1, 0.15) is 16.9 Å². The topological polar surface area (TPSA) is 87.5 Å². The average molecular weight is 352 g/mol. The van der Waals surface area contributed by atoms with Gasteiger partial charge in [-0.05, 0) is 45.8 Å². The van der Waals surface area contributed by atoms with Crippen molar-refractivity contribution >= 4 is 22.5 Å². The van der Waals surface area contributed by atoms with Crippen LogP contribution in [0, 0.1) is 0 Å². The number of hydrogen-bond acceptors (Lipinski definition) is 6. The Balaban J connectivity index is 1.40. The number of fused-ring (bicyclic) bond motifs is 1. The molecule has 26 heavy (non-hydrogen) atoms. The fourth-order valence-corrected chi connectivity index (χ4v) is 3.80. The van der Waals surface area contributed by atoms with Crippen LogP contribution in [-0.2, 0) is 0 Å². The van der Waals surface area contributed by atoms with Crippen LogP contribution in [0.5, 0.6) is 0 Å². The average Bonchev–Trinajstić information content (AvgIpc) is 3.23. The van der Waals surface area contributed by atoms with Crippen LogP contribution in [0.3, 0.4) is 0 Å². The summed E-state index contributed by atoms with van der Waals surface area (Å²) >= 11 is 0. The summed E-state index contributed by atoms with van der Waals surface area (Å²) in [5.41, 5.74) is 2.67. The van der Waals surface area contributed by atoms with Gasteiger partial charge in [-0.1, -0.05) is 6.42 Å². The molecule has 0 aromatic carbocycles. The van der Waals surface area contributed by atoms with Crippen LogP contribution in [0.25, 0.3) is 11.0 Å². The van der Waals surface area contributed by atoms with E-state index in [1.165, 1.54) is 19.3 Å². The maximum absolute atomic E-state index is 4.78. The van der Waals surface area contributed by atoms with Crippen LogP contribution < -0.4 is 5.32 Å². The van der Waals surface area contributed by atoms with Crippen LogP contribution in [-0.4, -0.2) is 55.0 Å². The Labute approximate surface area is 152 Å². The molecule has 0 amide bonds. The van der Waals surface area contributed by atoms with E-state index in [1.807, 2.05) is 6.20 Å². The molecule has 1 saturated heterocycles. The fourth-order valence-electron chi connectivity index (χ4n) is 3.80. The maximum atomic E-state index is 4.78. The van der Waals surface area contributed by atoms with Gasteiger partial charge < -0.3 is 10.2 Å². The molecule has 0 unspecified atom stereocenters. The van der Waals surface area contributed by atoms with Crippen LogP contribution in [0.2, 0.25) is 0 Å². The van der Waals surface area contributed by atoms with E-state index in [4.69, 9.17) is 4.98 Å². The number of H-pyrrole nitrogens is 1. The first kappa shape index (κ1) is 15.7. The molecule has 3 aromatic rings. The molecule has 2 fully saturated rings. The van der Waals surface area contributed by atoms with Gasteiger partial charge in [0.2, 0.25) is 0 Å². The van der Waals surface area contributed by atoms with Crippen LogP contribution in [0.15, 0.2) is 18.6 Å². The molecule has 1 saturated carbocycles.